The lowest BCUT2D eigenvalue weighted by Crippen LogP contribution is -2.09. The zero-order valence-electron chi connectivity index (χ0n) is 13.7. The largest absolute Gasteiger partial charge is 0.478 e. The van der Waals surface area contributed by atoms with Gasteiger partial charge in [-0.3, -0.25) is 0 Å². The minimum Gasteiger partial charge on any atom is -0.478 e. The number of hydrogen-bond acceptors (Lipinski definition) is 5. The summed E-state index contributed by atoms with van der Waals surface area (Å²) in [6.45, 7) is 0. The third kappa shape index (κ3) is 4.51. The second-order valence-corrected chi connectivity index (χ2v) is 5.44. The van der Waals surface area contributed by atoms with Gasteiger partial charge < -0.3 is 15.7 Å². The van der Waals surface area contributed by atoms with E-state index in [4.69, 9.17) is 5.11 Å². The number of carboxylic acids is 1. The number of alkyl halides is 3. The van der Waals surface area contributed by atoms with Gasteiger partial charge in [-0.25, -0.2) is 9.78 Å². The van der Waals surface area contributed by atoms with Crippen LogP contribution < -0.4 is 10.6 Å². The summed E-state index contributed by atoms with van der Waals surface area (Å²) in [5.41, 5.74) is -0.446. The SMILES string of the molecule is O=C(O)c1cccc(Nc2ccnc(Nc3ccccc3C(F)(F)F)n2)c1. The van der Waals surface area contributed by atoms with Crippen LogP contribution in [-0.2, 0) is 6.18 Å². The topological polar surface area (TPSA) is 87.1 Å². The highest BCUT2D eigenvalue weighted by Crippen LogP contribution is 2.35. The normalized spacial score (nSPS) is 11.1. The molecule has 1 heterocycles. The first-order valence-corrected chi connectivity index (χ1v) is 7.69. The van der Waals surface area contributed by atoms with Crippen LogP contribution >= 0.6 is 0 Å². The Morgan fingerprint density at radius 3 is 2.52 bits per heavy atom. The van der Waals surface area contributed by atoms with E-state index in [1.54, 1.807) is 12.1 Å². The van der Waals surface area contributed by atoms with E-state index in [0.29, 0.717) is 11.5 Å². The lowest BCUT2D eigenvalue weighted by molar-refractivity contribution is -0.136. The van der Waals surface area contributed by atoms with Crippen LogP contribution in [0.5, 0.6) is 0 Å². The molecule has 0 atom stereocenters. The molecule has 138 valence electrons. The summed E-state index contributed by atoms with van der Waals surface area (Å²) in [7, 11) is 0. The molecule has 9 heteroatoms. The van der Waals surface area contributed by atoms with Crippen LogP contribution in [0.2, 0.25) is 0 Å². The fraction of sp³-hybridized carbons (Fsp3) is 0.0556. The molecule has 27 heavy (non-hydrogen) atoms. The molecule has 3 rings (SSSR count). The maximum absolute atomic E-state index is 13.1. The Balaban J connectivity index is 1.83. The van der Waals surface area contributed by atoms with Gasteiger partial charge in [0.1, 0.15) is 5.82 Å². The fourth-order valence-corrected chi connectivity index (χ4v) is 2.33. The molecular weight excluding hydrogens is 361 g/mol. The predicted molar refractivity (Wildman–Crippen MR) is 93.4 cm³/mol. The highest BCUT2D eigenvalue weighted by Gasteiger charge is 2.33. The van der Waals surface area contributed by atoms with Gasteiger partial charge in [-0.1, -0.05) is 18.2 Å². The Morgan fingerprint density at radius 2 is 1.78 bits per heavy atom. The van der Waals surface area contributed by atoms with Gasteiger partial charge in [0.2, 0.25) is 5.95 Å². The molecular formula is C18H13F3N4O2. The summed E-state index contributed by atoms with van der Waals surface area (Å²) in [4.78, 5) is 19.1. The zero-order valence-corrected chi connectivity index (χ0v) is 13.7. The van der Waals surface area contributed by atoms with Crippen LogP contribution in [0.4, 0.5) is 36.3 Å². The Hall–Kier alpha value is -3.62. The molecule has 0 unspecified atom stereocenters. The maximum Gasteiger partial charge on any atom is 0.418 e. The molecule has 3 aromatic rings. The van der Waals surface area contributed by atoms with Gasteiger partial charge in [0.15, 0.2) is 0 Å². The Bertz CT molecular complexity index is 977. The van der Waals surface area contributed by atoms with Gasteiger partial charge in [-0.2, -0.15) is 18.2 Å². The fourth-order valence-electron chi connectivity index (χ4n) is 2.33. The van der Waals surface area contributed by atoms with Crippen LogP contribution in [-0.4, -0.2) is 21.0 Å². The average molecular weight is 374 g/mol. The molecule has 0 saturated carbocycles. The monoisotopic (exact) mass is 374 g/mol. The molecule has 3 N–H and O–H groups in total. The van der Waals surface area contributed by atoms with E-state index in [1.807, 2.05) is 0 Å². The van der Waals surface area contributed by atoms with Crippen molar-refractivity contribution in [3.63, 3.8) is 0 Å². The molecule has 0 spiro atoms. The number of hydrogen-bond donors (Lipinski definition) is 3. The van der Waals surface area contributed by atoms with E-state index in [-0.39, 0.29) is 17.2 Å². The first-order valence-electron chi connectivity index (χ1n) is 7.69. The number of rotatable bonds is 5. The predicted octanol–water partition coefficient (Wildman–Crippen LogP) is 4.68. The molecule has 0 saturated heterocycles. The number of carbonyl (C=O) groups is 1. The van der Waals surface area contributed by atoms with Crippen LogP contribution in [0, 0.1) is 0 Å². The Kier molecular flexibility index (Phi) is 4.93. The Morgan fingerprint density at radius 1 is 1.00 bits per heavy atom. The van der Waals surface area contributed by atoms with Crippen LogP contribution in [0.3, 0.4) is 0 Å². The van der Waals surface area contributed by atoms with Gasteiger partial charge in [-0.15, -0.1) is 0 Å². The quantitative estimate of drug-likeness (QED) is 0.601. The number of halogens is 3. The second kappa shape index (κ2) is 7.32. The number of benzene rings is 2. The van der Waals surface area contributed by atoms with Crippen LogP contribution in [0.1, 0.15) is 15.9 Å². The molecule has 2 aromatic carbocycles. The van der Waals surface area contributed by atoms with Crippen molar-refractivity contribution in [1.29, 1.82) is 0 Å². The summed E-state index contributed by atoms with van der Waals surface area (Å²) in [6.07, 6.45) is -3.15. The summed E-state index contributed by atoms with van der Waals surface area (Å²) >= 11 is 0. The van der Waals surface area contributed by atoms with Crippen LogP contribution in [0.25, 0.3) is 0 Å². The zero-order chi connectivity index (χ0) is 19.4. The van der Waals surface area contributed by atoms with Crippen molar-refractivity contribution in [3.05, 3.63) is 71.9 Å². The number of nitrogens with zero attached hydrogens (tertiary/aromatic N) is 2. The summed E-state index contributed by atoms with van der Waals surface area (Å²) in [6, 6.07) is 12.6. The molecule has 0 amide bonds. The molecule has 0 aliphatic rings. The first kappa shape index (κ1) is 18.2. The maximum atomic E-state index is 13.1. The standard InChI is InChI=1S/C18H13F3N4O2/c19-18(20,21)13-6-1-2-7-14(13)24-17-22-9-8-15(25-17)23-12-5-3-4-11(10-12)16(26)27/h1-10H,(H,26,27)(H2,22,23,24,25). The third-order valence-electron chi connectivity index (χ3n) is 3.52. The van der Waals surface area contributed by atoms with Crippen molar-refractivity contribution in [3.8, 4) is 0 Å². The van der Waals surface area contributed by atoms with E-state index in [2.05, 4.69) is 20.6 Å². The molecule has 0 fully saturated rings. The third-order valence-corrected chi connectivity index (χ3v) is 3.52. The van der Waals surface area contributed by atoms with E-state index in [9.17, 15) is 18.0 Å². The number of para-hydroxylation sites is 1. The van der Waals surface area contributed by atoms with Gasteiger partial charge in [0.25, 0.3) is 0 Å². The highest BCUT2D eigenvalue weighted by molar-refractivity contribution is 5.89. The van der Waals surface area contributed by atoms with E-state index in [0.717, 1.165) is 6.07 Å². The van der Waals surface area contributed by atoms with Crippen molar-refractivity contribution in [2.24, 2.45) is 0 Å². The lowest BCUT2D eigenvalue weighted by atomic mass is 10.1. The smallest absolute Gasteiger partial charge is 0.418 e. The van der Waals surface area contributed by atoms with Crippen LogP contribution in [0.15, 0.2) is 60.8 Å². The molecule has 1 aromatic heterocycles. The number of carboxylic acid groups (broad SMARTS) is 1. The van der Waals surface area contributed by atoms with E-state index in [1.165, 1.54) is 42.6 Å². The summed E-state index contributed by atoms with van der Waals surface area (Å²) in [5, 5.41) is 14.5. The molecule has 0 radical (unpaired) electrons. The molecule has 0 aliphatic heterocycles. The van der Waals surface area contributed by atoms with E-state index < -0.39 is 17.7 Å². The van der Waals surface area contributed by atoms with Gasteiger partial charge in [-0.05, 0) is 36.4 Å². The Labute approximate surface area is 151 Å². The van der Waals surface area contributed by atoms with Gasteiger partial charge in [0.05, 0.1) is 16.8 Å². The number of aromatic nitrogens is 2. The molecule has 0 bridgehead atoms. The minimum atomic E-state index is -4.52. The summed E-state index contributed by atoms with van der Waals surface area (Å²) < 4.78 is 39.2. The summed E-state index contributed by atoms with van der Waals surface area (Å²) in [5.74, 6) is -0.821. The lowest BCUT2D eigenvalue weighted by Gasteiger charge is -2.14. The average Bonchev–Trinajstić information content (AvgIpc) is 2.62. The van der Waals surface area contributed by atoms with E-state index >= 15 is 0 Å². The number of aromatic carboxylic acids is 1. The minimum absolute atomic E-state index is 0.0360. The van der Waals surface area contributed by atoms with Crippen molar-refractivity contribution in [1.82, 2.24) is 9.97 Å². The second-order valence-electron chi connectivity index (χ2n) is 5.44. The van der Waals surface area contributed by atoms with Gasteiger partial charge >= 0.3 is 12.1 Å². The van der Waals surface area contributed by atoms with Crippen molar-refractivity contribution in [2.45, 2.75) is 6.18 Å². The van der Waals surface area contributed by atoms with Crippen molar-refractivity contribution in [2.75, 3.05) is 10.6 Å². The van der Waals surface area contributed by atoms with Gasteiger partial charge in [0, 0.05) is 11.9 Å². The van der Waals surface area contributed by atoms with Crippen molar-refractivity contribution >= 4 is 29.1 Å². The number of nitrogens with one attached hydrogen (secondary N) is 2. The molecule has 6 nitrogen and oxygen atoms in total. The first-order chi connectivity index (χ1) is 12.8. The van der Waals surface area contributed by atoms with Crippen molar-refractivity contribution < 1.29 is 23.1 Å². The molecule has 0 aliphatic carbocycles. The highest BCUT2D eigenvalue weighted by atomic mass is 19.4. The number of anilines is 4.